The number of anilines is 3. The second-order valence-electron chi connectivity index (χ2n) is 12.5. The van der Waals surface area contributed by atoms with E-state index in [2.05, 4.69) is 191 Å². The van der Waals surface area contributed by atoms with Crippen molar-refractivity contribution in [3.63, 3.8) is 0 Å². The second-order valence-corrected chi connectivity index (χ2v) is 13.6. The van der Waals surface area contributed by atoms with Crippen LogP contribution in [-0.2, 0) is 0 Å². The molecule has 2 heterocycles. The maximum atomic E-state index is 2.44. The largest absolute Gasteiger partial charge is 0.310 e. The van der Waals surface area contributed by atoms with E-state index >= 15 is 0 Å². The highest BCUT2D eigenvalue weighted by Crippen LogP contribution is 2.47. The van der Waals surface area contributed by atoms with Gasteiger partial charge < -0.3 is 9.47 Å². The molecule has 0 N–H and O–H groups in total. The molecule has 230 valence electrons. The van der Waals surface area contributed by atoms with Crippen LogP contribution in [0.1, 0.15) is 0 Å². The summed E-state index contributed by atoms with van der Waals surface area (Å²) < 4.78 is 5.03. The molecule has 2 aromatic heterocycles. The average molecular weight is 643 g/mol. The Kier molecular flexibility index (Phi) is 6.39. The third kappa shape index (κ3) is 4.40. The lowest BCUT2D eigenvalue weighted by Gasteiger charge is -2.26. The van der Waals surface area contributed by atoms with Gasteiger partial charge in [0.05, 0.1) is 16.7 Å². The summed E-state index contributed by atoms with van der Waals surface area (Å²) in [5.41, 5.74) is 9.44. The van der Waals surface area contributed by atoms with Gasteiger partial charge in [0, 0.05) is 48.0 Å². The molecule has 0 aliphatic heterocycles. The fourth-order valence-electron chi connectivity index (χ4n) is 7.68. The molecule has 0 amide bonds. The van der Waals surface area contributed by atoms with Crippen LogP contribution in [0.4, 0.5) is 17.1 Å². The normalized spacial score (nSPS) is 11.7. The maximum absolute atomic E-state index is 2.44. The Morgan fingerprint density at radius 1 is 0.408 bits per heavy atom. The lowest BCUT2D eigenvalue weighted by molar-refractivity contribution is 1.18. The van der Waals surface area contributed by atoms with Crippen molar-refractivity contribution in [2.24, 2.45) is 0 Å². The van der Waals surface area contributed by atoms with Crippen LogP contribution in [0.15, 0.2) is 182 Å². The average Bonchev–Trinajstić information content (AvgIpc) is 3.72. The second kappa shape index (κ2) is 11.2. The zero-order valence-electron chi connectivity index (χ0n) is 26.6. The number of benzene rings is 8. The first kappa shape index (κ1) is 27.9. The molecule has 10 rings (SSSR count). The van der Waals surface area contributed by atoms with E-state index in [1.165, 1.54) is 69.6 Å². The molecule has 0 unspecified atom stereocenters. The molecule has 0 atom stereocenters. The van der Waals surface area contributed by atoms with Crippen LogP contribution < -0.4 is 4.90 Å². The number of hydrogen-bond donors (Lipinski definition) is 0. The highest BCUT2D eigenvalue weighted by atomic mass is 32.1. The molecule has 49 heavy (non-hydrogen) atoms. The molecular weight excluding hydrogens is 613 g/mol. The van der Waals surface area contributed by atoms with Crippen molar-refractivity contribution >= 4 is 81.1 Å². The van der Waals surface area contributed by atoms with Gasteiger partial charge in [-0.25, -0.2) is 0 Å². The van der Waals surface area contributed by atoms with Gasteiger partial charge in [0.15, 0.2) is 0 Å². The maximum Gasteiger partial charge on any atom is 0.0562 e. The summed E-state index contributed by atoms with van der Waals surface area (Å²) >= 11 is 1.86. The van der Waals surface area contributed by atoms with E-state index < -0.39 is 0 Å². The van der Waals surface area contributed by atoms with Gasteiger partial charge in [-0.2, -0.15) is 0 Å². The van der Waals surface area contributed by atoms with Crippen molar-refractivity contribution in [2.45, 2.75) is 0 Å². The molecule has 0 aliphatic rings. The van der Waals surface area contributed by atoms with Crippen molar-refractivity contribution in [3.05, 3.63) is 182 Å². The van der Waals surface area contributed by atoms with Gasteiger partial charge in [-0.1, -0.05) is 121 Å². The Morgan fingerprint density at radius 2 is 1.08 bits per heavy atom. The van der Waals surface area contributed by atoms with E-state index in [0.29, 0.717) is 0 Å². The highest BCUT2D eigenvalue weighted by Gasteiger charge is 2.22. The third-order valence-corrected chi connectivity index (χ3v) is 10.9. The number of fused-ring (bicyclic) bond motifs is 7. The number of hydrogen-bond acceptors (Lipinski definition) is 2. The SMILES string of the molecule is c1ccc(N(c2ccc3c4c(-c5cccc6ccccc56)cccc4n(-c4ccccc4)c3c2)c2cccc3sc4ccccc4c23)cc1. The molecule has 8 aromatic carbocycles. The summed E-state index contributed by atoms with van der Waals surface area (Å²) in [5.74, 6) is 0. The molecule has 2 nitrogen and oxygen atoms in total. The lowest BCUT2D eigenvalue weighted by atomic mass is 9.94. The van der Waals surface area contributed by atoms with E-state index in [4.69, 9.17) is 0 Å². The summed E-state index contributed by atoms with van der Waals surface area (Å²) in [7, 11) is 0. The zero-order valence-corrected chi connectivity index (χ0v) is 27.4. The van der Waals surface area contributed by atoms with Gasteiger partial charge in [0.2, 0.25) is 0 Å². The predicted octanol–water partition coefficient (Wildman–Crippen LogP) is 13.4. The Balaban J connectivity index is 1.29. The van der Waals surface area contributed by atoms with Gasteiger partial charge in [-0.05, 0) is 82.6 Å². The molecule has 0 fully saturated rings. The van der Waals surface area contributed by atoms with Crippen molar-refractivity contribution < 1.29 is 0 Å². The van der Waals surface area contributed by atoms with Crippen molar-refractivity contribution in [2.75, 3.05) is 4.90 Å². The van der Waals surface area contributed by atoms with Gasteiger partial charge in [-0.3, -0.25) is 0 Å². The van der Waals surface area contributed by atoms with Crippen LogP contribution in [0.2, 0.25) is 0 Å². The quantitative estimate of drug-likeness (QED) is 0.181. The van der Waals surface area contributed by atoms with Crippen LogP contribution in [0, 0.1) is 0 Å². The minimum Gasteiger partial charge on any atom is -0.310 e. The summed E-state index contributed by atoms with van der Waals surface area (Å²) in [6, 6.07) is 66.1. The first-order valence-corrected chi connectivity index (χ1v) is 17.5. The van der Waals surface area contributed by atoms with E-state index in [1.54, 1.807) is 0 Å². The molecule has 3 heteroatoms. The van der Waals surface area contributed by atoms with Crippen LogP contribution in [0.3, 0.4) is 0 Å². The van der Waals surface area contributed by atoms with Crippen LogP contribution >= 0.6 is 11.3 Å². The zero-order chi connectivity index (χ0) is 32.3. The monoisotopic (exact) mass is 642 g/mol. The third-order valence-electron chi connectivity index (χ3n) is 9.76. The van der Waals surface area contributed by atoms with Gasteiger partial charge in [-0.15, -0.1) is 11.3 Å². The Bertz CT molecular complexity index is 2820. The number of nitrogens with zero attached hydrogens (tertiary/aromatic N) is 2. The Hall–Kier alpha value is -6.16. The molecule has 0 aliphatic carbocycles. The van der Waals surface area contributed by atoms with Crippen molar-refractivity contribution in [1.82, 2.24) is 4.57 Å². The Labute approximate surface area is 288 Å². The van der Waals surface area contributed by atoms with Gasteiger partial charge in [0.1, 0.15) is 0 Å². The molecule has 0 radical (unpaired) electrons. The molecular formula is C46H30N2S. The van der Waals surface area contributed by atoms with Crippen molar-refractivity contribution in [1.29, 1.82) is 0 Å². The number of aromatic nitrogens is 1. The number of rotatable bonds is 5. The fraction of sp³-hybridized carbons (Fsp3) is 0. The summed E-state index contributed by atoms with van der Waals surface area (Å²) in [5, 5.41) is 7.59. The van der Waals surface area contributed by atoms with Crippen LogP contribution in [0.5, 0.6) is 0 Å². The van der Waals surface area contributed by atoms with E-state index in [-0.39, 0.29) is 0 Å². The first-order valence-electron chi connectivity index (χ1n) is 16.7. The minimum absolute atomic E-state index is 1.12. The Morgan fingerprint density at radius 3 is 1.96 bits per heavy atom. The molecule has 0 saturated carbocycles. The van der Waals surface area contributed by atoms with E-state index in [1.807, 2.05) is 11.3 Å². The van der Waals surface area contributed by atoms with Gasteiger partial charge in [0.25, 0.3) is 0 Å². The topological polar surface area (TPSA) is 8.17 Å². The standard InChI is InChI=1S/C46H30N2S/c1-3-16-32(17-4-1)47(41-25-13-27-44-46(41)39-21-9-10-26-43(39)49-44)34-28-29-38-42(30-34)48(33-18-5-2-6-19-33)40-24-12-23-37(45(38)40)36-22-11-15-31-14-7-8-20-35(31)36/h1-30H. The smallest absolute Gasteiger partial charge is 0.0562 e. The fourth-order valence-corrected chi connectivity index (χ4v) is 8.81. The van der Waals surface area contributed by atoms with E-state index in [0.717, 1.165) is 17.1 Å². The number of thiophene rings is 1. The summed E-state index contributed by atoms with van der Waals surface area (Å²) in [6.07, 6.45) is 0. The van der Waals surface area contributed by atoms with Crippen LogP contribution in [-0.4, -0.2) is 4.57 Å². The minimum atomic E-state index is 1.12. The molecule has 10 aromatic rings. The van der Waals surface area contributed by atoms with Gasteiger partial charge >= 0.3 is 0 Å². The van der Waals surface area contributed by atoms with Crippen molar-refractivity contribution in [3.8, 4) is 16.8 Å². The molecule has 0 bridgehead atoms. The number of para-hydroxylation sites is 2. The molecule has 0 spiro atoms. The van der Waals surface area contributed by atoms with Crippen LogP contribution in [0.25, 0.3) is 69.6 Å². The molecule has 0 saturated heterocycles. The lowest BCUT2D eigenvalue weighted by Crippen LogP contribution is -2.10. The highest BCUT2D eigenvalue weighted by molar-refractivity contribution is 7.26. The predicted molar refractivity (Wildman–Crippen MR) is 211 cm³/mol. The summed E-state index contributed by atoms with van der Waals surface area (Å²) in [6.45, 7) is 0. The van der Waals surface area contributed by atoms with E-state index in [9.17, 15) is 0 Å². The summed E-state index contributed by atoms with van der Waals surface area (Å²) in [4.78, 5) is 2.43. The first-order chi connectivity index (χ1) is 24.3.